The van der Waals surface area contributed by atoms with E-state index in [1.54, 1.807) is 6.07 Å². The van der Waals surface area contributed by atoms with Crippen LogP contribution in [-0.2, 0) is 0 Å². The van der Waals surface area contributed by atoms with Crippen LogP contribution in [0.2, 0.25) is 0 Å². The van der Waals surface area contributed by atoms with Crippen molar-refractivity contribution in [2.75, 3.05) is 26.2 Å². The van der Waals surface area contributed by atoms with Crippen molar-refractivity contribution in [3.63, 3.8) is 0 Å². The van der Waals surface area contributed by atoms with E-state index in [-0.39, 0.29) is 18.2 Å². The number of halogens is 2. The summed E-state index contributed by atoms with van der Waals surface area (Å²) in [7, 11) is 0. The summed E-state index contributed by atoms with van der Waals surface area (Å²) >= 11 is 0. The topological polar surface area (TPSA) is 15.3 Å². The number of hydrogen-bond donors (Lipinski definition) is 1. The number of nitrogens with zero attached hydrogens (tertiary/aromatic N) is 1. The summed E-state index contributed by atoms with van der Waals surface area (Å²) in [5.41, 5.74) is 1.87. The molecule has 0 aromatic heterocycles. The Labute approximate surface area is 128 Å². The van der Waals surface area contributed by atoms with E-state index >= 15 is 0 Å². The maximum Gasteiger partial charge on any atom is 0.126 e. The Hall–Kier alpha value is -0.640. The average molecular weight is 301 g/mol. The van der Waals surface area contributed by atoms with Gasteiger partial charge in [0.1, 0.15) is 5.82 Å². The van der Waals surface area contributed by atoms with E-state index < -0.39 is 0 Å². The smallest absolute Gasteiger partial charge is 0.126 e. The van der Waals surface area contributed by atoms with Gasteiger partial charge in [-0.3, -0.25) is 4.90 Å². The maximum atomic E-state index is 13.8. The largest absolute Gasteiger partial charge is 0.314 e. The molecule has 1 aliphatic heterocycles. The van der Waals surface area contributed by atoms with Gasteiger partial charge in [0.25, 0.3) is 0 Å². The van der Waals surface area contributed by atoms with Crippen LogP contribution in [0, 0.1) is 12.7 Å². The molecular weight excluding hydrogens is 275 g/mol. The summed E-state index contributed by atoms with van der Waals surface area (Å²) < 4.78 is 13.8. The molecule has 0 aliphatic carbocycles. The van der Waals surface area contributed by atoms with E-state index in [0.29, 0.717) is 6.04 Å². The molecular formula is C16H26ClFN2. The normalized spacial score (nSPS) is 17.6. The van der Waals surface area contributed by atoms with Crippen molar-refractivity contribution in [2.24, 2.45) is 0 Å². The maximum absolute atomic E-state index is 13.8. The quantitative estimate of drug-likeness (QED) is 0.892. The van der Waals surface area contributed by atoms with E-state index in [9.17, 15) is 4.39 Å². The Kier molecular flexibility index (Phi) is 7.49. The molecule has 0 unspecified atom stereocenters. The Morgan fingerprint density at radius 1 is 1.30 bits per heavy atom. The molecule has 1 heterocycles. The zero-order valence-corrected chi connectivity index (χ0v) is 13.3. The van der Waals surface area contributed by atoms with Gasteiger partial charge in [0, 0.05) is 32.2 Å². The lowest BCUT2D eigenvalue weighted by Crippen LogP contribution is -2.45. The molecule has 20 heavy (non-hydrogen) atoms. The van der Waals surface area contributed by atoms with E-state index in [4.69, 9.17) is 0 Å². The highest BCUT2D eigenvalue weighted by Gasteiger charge is 2.22. The van der Waals surface area contributed by atoms with E-state index in [0.717, 1.165) is 43.7 Å². The molecule has 2 nitrogen and oxygen atoms in total. The monoisotopic (exact) mass is 300 g/mol. The molecule has 1 N–H and O–H groups in total. The zero-order chi connectivity index (χ0) is 13.7. The fourth-order valence-electron chi connectivity index (χ4n) is 2.77. The number of benzene rings is 1. The van der Waals surface area contributed by atoms with Crippen molar-refractivity contribution < 1.29 is 4.39 Å². The van der Waals surface area contributed by atoms with Gasteiger partial charge in [-0.15, -0.1) is 12.4 Å². The summed E-state index contributed by atoms with van der Waals surface area (Å²) in [6, 6.07) is 6.11. The summed E-state index contributed by atoms with van der Waals surface area (Å²) in [5.74, 6) is -0.0749. The van der Waals surface area contributed by atoms with Crippen LogP contribution >= 0.6 is 12.4 Å². The zero-order valence-electron chi connectivity index (χ0n) is 12.5. The molecule has 1 aromatic carbocycles. The van der Waals surface area contributed by atoms with Crippen LogP contribution in [-0.4, -0.2) is 31.1 Å². The summed E-state index contributed by atoms with van der Waals surface area (Å²) in [4.78, 5) is 2.50. The van der Waals surface area contributed by atoms with Crippen LogP contribution in [0.4, 0.5) is 4.39 Å². The van der Waals surface area contributed by atoms with Crippen LogP contribution in [0.15, 0.2) is 18.2 Å². The van der Waals surface area contributed by atoms with Gasteiger partial charge >= 0.3 is 0 Å². The predicted octanol–water partition coefficient (Wildman–Crippen LogP) is 3.69. The molecule has 0 saturated carbocycles. The molecule has 0 bridgehead atoms. The van der Waals surface area contributed by atoms with E-state index in [1.807, 2.05) is 13.0 Å². The van der Waals surface area contributed by atoms with Gasteiger partial charge < -0.3 is 5.32 Å². The molecule has 4 heteroatoms. The van der Waals surface area contributed by atoms with Gasteiger partial charge in [0.2, 0.25) is 0 Å². The third-order valence-electron chi connectivity index (χ3n) is 4.00. The minimum atomic E-state index is -0.0749. The standard InChI is InChI=1S/C16H25FN2.ClH/c1-3-4-5-16(19-10-8-18-9-11-19)14-7-6-13(2)15(17)12-14;/h6-7,12,16,18H,3-5,8-11H2,1-2H3;1H/t16-;/m0./s1. The van der Waals surface area contributed by atoms with Gasteiger partial charge in [-0.1, -0.05) is 31.9 Å². The second-order valence-electron chi connectivity index (χ2n) is 5.45. The molecule has 114 valence electrons. The lowest BCUT2D eigenvalue weighted by atomic mass is 9.97. The van der Waals surface area contributed by atoms with Gasteiger partial charge in [-0.25, -0.2) is 4.39 Å². The molecule has 1 saturated heterocycles. The highest BCUT2D eigenvalue weighted by atomic mass is 35.5. The van der Waals surface area contributed by atoms with E-state index in [2.05, 4.69) is 23.2 Å². The fraction of sp³-hybridized carbons (Fsp3) is 0.625. The first-order valence-electron chi connectivity index (χ1n) is 7.43. The van der Waals surface area contributed by atoms with Crippen LogP contribution < -0.4 is 5.32 Å². The molecule has 1 atom stereocenters. The third kappa shape index (κ3) is 4.44. The van der Waals surface area contributed by atoms with Crippen LogP contribution in [0.1, 0.15) is 43.4 Å². The Balaban J connectivity index is 0.00000200. The number of nitrogens with one attached hydrogen (secondary N) is 1. The SMILES string of the molecule is CCCC[C@@H](c1ccc(C)c(F)c1)N1CCNCC1.Cl. The summed E-state index contributed by atoms with van der Waals surface area (Å²) in [6.07, 6.45) is 3.51. The molecule has 2 rings (SSSR count). The highest BCUT2D eigenvalue weighted by molar-refractivity contribution is 5.85. The molecule has 0 radical (unpaired) electrons. The fourth-order valence-corrected chi connectivity index (χ4v) is 2.77. The molecule has 0 spiro atoms. The van der Waals surface area contributed by atoms with Crippen molar-refractivity contribution in [3.8, 4) is 0 Å². The average Bonchev–Trinajstić information content (AvgIpc) is 2.44. The minimum absolute atomic E-state index is 0. The lowest BCUT2D eigenvalue weighted by molar-refractivity contribution is 0.163. The lowest BCUT2D eigenvalue weighted by Gasteiger charge is -2.35. The van der Waals surface area contributed by atoms with Gasteiger partial charge in [-0.05, 0) is 30.5 Å². The first-order chi connectivity index (χ1) is 9.22. The molecule has 0 amide bonds. The van der Waals surface area contributed by atoms with Crippen molar-refractivity contribution in [2.45, 2.75) is 39.2 Å². The molecule has 1 aromatic rings. The summed E-state index contributed by atoms with van der Waals surface area (Å²) in [5, 5.41) is 3.38. The Morgan fingerprint density at radius 3 is 2.60 bits per heavy atom. The third-order valence-corrected chi connectivity index (χ3v) is 4.00. The van der Waals surface area contributed by atoms with Gasteiger partial charge in [-0.2, -0.15) is 0 Å². The molecule has 1 fully saturated rings. The van der Waals surface area contributed by atoms with Crippen LogP contribution in [0.3, 0.4) is 0 Å². The van der Waals surface area contributed by atoms with Crippen molar-refractivity contribution in [1.82, 2.24) is 10.2 Å². The first-order valence-corrected chi connectivity index (χ1v) is 7.43. The number of rotatable bonds is 5. The molecule has 1 aliphatic rings. The minimum Gasteiger partial charge on any atom is -0.314 e. The number of hydrogen-bond acceptors (Lipinski definition) is 2. The first kappa shape index (κ1) is 17.4. The Morgan fingerprint density at radius 2 is 2.00 bits per heavy atom. The predicted molar refractivity (Wildman–Crippen MR) is 85.1 cm³/mol. The second-order valence-corrected chi connectivity index (χ2v) is 5.45. The Bertz CT molecular complexity index is 405. The number of aryl methyl sites for hydroxylation is 1. The number of piperazine rings is 1. The van der Waals surface area contributed by atoms with Crippen molar-refractivity contribution >= 4 is 12.4 Å². The van der Waals surface area contributed by atoms with Crippen LogP contribution in [0.25, 0.3) is 0 Å². The van der Waals surface area contributed by atoms with Crippen molar-refractivity contribution in [1.29, 1.82) is 0 Å². The van der Waals surface area contributed by atoms with Crippen LogP contribution in [0.5, 0.6) is 0 Å². The van der Waals surface area contributed by atoms with Gasteiger partial charge in [0.05, 0.1) is 0 Å². The number of unbranched alkanes of at least 4 members (excludes halogenated alkanes) is 1. The van der Waals surface area contributed by atoms with E-state index in [1.165, 1.54) is 12.8 Å². The van der Waals surface area contributed by atoms with Gasteiger partial charge in [0.15, 0.2) is 0 Å². The summed E-state index contributed by atoms with van der Waals surface area (Å²) in [6.45, 7) is 8.23. The highest BCUT2D eigenvalue weighted by Crippen LogP contribution is 2.27. The van der Waals surface area contributed by atoms with Crippen molar-refractivity contribution in [3.05, 3.63) is 35.1 Å². The second kappa shape index (κ2) is 8.60.